The number of hydrogen-bond acceptors (Lipinski definition) is 8. The SMILES string of the molecule is COc1cc([C@@H](O)[C@H](CO)Oc2ccc(C(=O)CCO)cc2OC)ccc1O. The van der Waals surface area contributed by atoms with E-state index in [9.17, 15) is 20.1 Å². The molecule has 0 saturated heterocycles. The fraction of sp³-hybridized carbons (Fsp3) is 0.350. The van der Waals surface area contributed by atoms with Crippen LogP contribution in [0, 0.1) is 0 Å². The van der Waals surface area contributed by atoms with E-state index in [1.165, 1.54) is 50.6 Å². The Balaban J connectivity index is 2.25. The van der Waals surface area contributed by atoms with Gasteiger partial charge in [0.1, 0.15) is 6.10 Å². The molecule has 152 valence electrons. The van der Waals surface area contributed by atoms with Crippen LogP contribution in [-0.2, 0) is 0 Å². The smallest absolute Gasteiger partial charge is 0.165 e. The zero-order chi connectivity index (χ0) is 20.7. The van der Waals surface area contributed by atoms with Gasteiger partial charge in [0, 0.05) is 12.0 Å². The van der Waals surface area contributed by atoms with E-state index >= 15 is 0 Å². The highest BCUT2D eigenvalue weighted by molar-refractivity contribution is 5.96. The number of phenols is 1. The molecule has 8 nitrogen and oxygen atoms in total. The Morgan fingerprint density at radius 3 is 2.32 bits per heavy atom. The summed E-state index contributed by atoms with van der Waals surface area (Å²) >= 11 is 0. The van der Waals surface area contributed by atoms with Crippen LogP contribution in [0.2, 0.25) is 0 Å². The van der Waals surface area contributed by atoms with Gasteiger partial charge in [0.2, 0.25) is 0 Å². The number of Topliss-reactive ketones (excluding diaryl/α,β-unsaturated/α-hetero) is 1. The van der Waals surface area contributed by atoms with Gasteiger partial charge in [0.05, 0.1) is 27.4 Å². The molecule has 2 rings (SSSR count). The van der Waals surface area contributed by atoms with E-state index in [4.69, 9.17) is 19.3 Å². The molecule has 0 fully saturated rings. The number of hydrogen-bond donors (Lipinski definition) is 4. The molecule has 0 bridgehead atoms. The Bertz CT molecular complexity index is 805. The number of aromatic hydroxyl groups is 1. The van der Waals surface area contributed by atoms with E-state index < -0.39 is 18.8 Å². The molecular formula is C20H24O8. The number of rotatable bonds is 10. The first-order chi connectivity index (χ1) is 13.4. The maximum atomic E-state index is 11.9. The predicted octanol–water partition coefficient (Wildman–Crippen LogP) is 1.45. The number of ether oxygens (including phenoxy) is 3. The van der Waals surface area contributed by atoms with Crippen LogP contribution < -0.4 is 14.2 Å². The van der Waals surface area contributed by atoms with Gasteiger partial charge < -0.3 is 34.6 Å². The fourth-order valence-electron chi connectivity index (χ4n) is 2.64. The molecule has 0 unspecified atom stereocenters. The zero-order valence-electron chi connectivity index (χ0n) is 15.7. The molecule has 0 aliphatic rings. The van der Waals surface area contributed by atoms with Crippen molar-refractivity contribution in [2.24, 2.45) is 0 Å². The van der Waals surface area contributed by atoms with Gasteiger partial charge in [-0.2, -0.15) is 0 Å². The summed E-state index contributed by atoms with van der Waals surface area (Å²) in [5.41, 5.74) is 0.727. The standard InChI is InChI=1S/C20H24O8/c1-26-17-10-13(3-5-15(17)24)20(25)19(11-22)28-16-6-4-12(9-18(16)27-2)14(23)7-8-21/h3-6,9-10,19-22,24-25H,7-8,11H2,1-2H3/t19-,20+/m0/s1. The van der Waals surface area contributed by atoms with Crippen LogP contribution in [0.3, 0.4) is 0 Å². The van der Waals surface area contributed by atoms with E-state index in [-0.39, 0.29) is 41.8 Å². The summed E-state index contributed by atoms with van der Waals surface area (Å²) < 4.78 is 16.0. The van der Waals surface area contributed by atoms with Crippen molar-refractivity contribution in [3.63, 3.8) is 0 Å². The van der Waals surface area contributed by atoms with Gasteiger partial charge in [-0.05, 0) is 35.9 Å². The van der Waals surface area contributed by atoms with Crippen LogP contribution >= 0.6 is 0 Å². The number of carbonyl (C=O) groups is 1. The van der Waals surface area contributed by atoms with Crippen LogP contribution in [0.1, 0.15) is 28.4 Å². The lowest BCUT2D eigenvalue weighted by molar-refractivity contribution is -0.000528. The molecule has 2 atom stereocenters. The molecule has 8 heteroatoms. The van der Waals surface area contributed by atoms with Crippen molar-refractivity contribution in [3.8, 4) is 23.0 Å². The number of phenolic OH excluding ortho intramolecular Hbond substituents is 1. The highest BCUT2D eigenvalue weighted by Crippen LogP contribution is 2.34. The minimum atomic E-state index is -1.22. The van der Waals surface area contributed by atoms with E-state index in [0.29, 0.717) is 11.1 Å². The number of benzene rings is 2. The Morgan fingerprint density at radius 2 is 1.71 bits per heavy atom. The monoisotopic (exact) mass is 392 g/mol. The summed E-state index contributed by atoms with van der Waals surface area (Å²) in [6.07, 6.45) is -2.27. The summed E-state index contributed by atoms with van der Waals surface area (Å²) in [7, 11) is 2.79. The number of aliphatic hydroxyl groups excluding tert-OH is 3. The lowest BCUT2D eigenvalue weighted by Crippen LogP contribution is -2.29. The summed E-state index contributed by atoms with van der Waals surface area (Å²) in [6.45, 7) is -0.757. The molecule has 0 radical (unpaired) electrons. The average Bonchev–Trinajstić information content (AvgIpc) is 2.72. The van der Waals surface area contributed by atoms with E-state index in [2.05, 4.69) is 0 Å². The zero-order valence-corrected chi connectivity index (χ0v) is 15.7. The van der Waals surface area contributed by atoms with Gasteiger partial charge in [0.15, 0.2) is 34.9 Å². The van der Waals surface area contributed by atoms with Gasteiger partial charge in [-0.3, -0.25) is 4.79 Å². The Kier molecular flexibility index (Phi) is 7.62. The van der Waals surface area contributed by atoms with Gasteiger partial charge in [-0.15, -0.1) is 0 Å². The first-order valence-corrected chi connectivity index (χ1v) is 8.59. The molecule has 0 aromatic heterocycles. The second kappa shape index (κ2) is 9.93. The van der Waals surface area contributed by atoms with Crippen molar-refractivity contribution >= 4 is 5.78 Å². The summed E-state index contributed by atoms with van der Waals surface area (Å²) in [5, 5.41) is 38.8. The van der Waals surface area contributed by atoms with Crippen molar-refractivity contribution in [2.75, 3.05) is 27.4 Å². The molecule has 0 heterocycles. The second-order valence-corrected chi connectivity index (χ2v) is 5.98. The molecule has 0 aliphatic carbocycles. The van der Waals surface area contributed by atoms with Gasteiger partial charge >= 0.3 is 0 Å². The quantitative estimate of drug-likeness (QED) is 0.448. The third-order valence-electron chi connectivity index (χ3n) is 4.18. The van der Waals surface area contributed by atoms with Crippen LogP contribution in [0.4, 0.5) is 0 Å². The second-order valence-electron chi connectivity index (χ2n) is 5.98. The Hall–Kier alpha value is -2.81. The van der Waals surface area contributed by atoms with Crippen LogP contribution in [0.25, 0.3) is 0 Å². The number of methoxy groups -OCH3 is 2. The van der Waals surface area contributed by atoms with Crippen molar-refractivity contribution < 1.29 is 39.4 Å². The van der Waals surface area contributed by atoms with Crippen LogP contribution in [-0.4, -0.2) is 59.7 Å². The third-order valence-corrected chi connectivity index (χ3v) is 4.18. The predicted molar refractivity (Wildman–Crippen MR) is 100 cm³/mol. The average molecular weight is 392 g/mol. The van der Waals surface area contributed by atoms with E-state index in [1.54, 1.807) is 0 Å². The Morgan fingerprint density at radius 1 is 1.00 bits per heavy atom. The molecular weight excluding hydrogens is 368 g/mol. The van der Waals surface area contributed by atoms with Gasteiger partial charge in [-0.25, -0.2) is 0 Å². The van der Waals surface area contributed by atoms with Crippen LogP contribution in [0.15, 0.2) is 36.4 Å². The highest BCUT2D eigenvalue weighted by atomic mass is 16.5. The van der Waals surface area contributed by atoms with E-state index in [0.717, 1.165) is 0 Å². The molecule has 0 amide bonds. The van der Waals surface area contributed by atoms with Gasteiger partial charge in [-0.1, -0.05) is 6.07 Å². The minimum Gasteiger partial charge on any atom is -0.504 e. The maximum Gasteiger partial charge on any atom is 0.165 e. The largest absolute Gasteiger partial charge is 0.504 e. The molecule has 2 aromatic carbocycles. The summed E-state index contributed by atoms with van der Waals surface area (Å²) in [5.74, 6) is 0.328. The first-order valence-electron chi connectivity index (χ1n) is 8.59. The lowest BCUT2D eigenvalue weighted by Gasteiger charge is -2.24. The molecule has 0 saturated carbocycles. The lowest BCUT2D eigenvalue weighted by atomic mass is 10.0. The van der Waals surface area contributed by atoms with Crippen molar-refractivity contribution in [2.45, 2.75) is 18.6 Å². The summed E-state index contributed by atoms with van der Waals surface area (Å²) in [4.78, 5) is 11.9. The molecule has 4 N–H and O–H groups in total. The number of aliphatic hydroxyl groups is 3. The Labute approximate surface area is 162 Å². The molecule has 2 aromatic rings. The molecule has 0 spiro atoms. The molecule has 28 heavy (non-hydrogen) atoms. The van der Waals surface area contributed by atoms with Crippen molar-refractivity contribution in [1.29, 1.82) is 0 Å². The normalized spacial score (nSPS) is 12.9. The highest BCUT2D eigenvalue weighted by Gasteiger charge is 2.25. The van der Waals surface area contributed by atoms with Crippen molar-refractivity contribution in [1.82, 2.24) is 0 Å². The topological polar surface area (TPSA) is 126 Å². The molecule has 0 aliphatic heterocycles. The van der Waals surface area contributed by atoms with Crippen LogP contribution in [0.5, 0.6) is 23.0 Å². The van der Waals surface area contributed by atoms with E-state index in [1.807, 2.05) is 0 Å². The first kappa shape index (κ1) is 21.5. The van der Waals surface area contributed by atoms with Gasteiger partial charge in [0.25, 0.3) is 0 Å². The minimum absolute atomic E-state index is 0.00990. The third kappa shape index (κ3) is 4.92. The van der Waals surface area contributed by atoms with Crippen molar-refractivity contribution in [3.05, 3.63) is 47.5 Å². The number of ketones is 1. The number of carbonyl (C=O) groups excluding carboxylic acids is 1. The summed E-state index contributed by atoms with van der Waals surface area (Å²) in [6, 6.07) is 8.78. The fourth-order valence-corrected chi connectivity index (χ4v) is 2.64. The maximum absolute atomic E-state index is 11.9.